The molecule has 2 aromatic rings. The summed E-state index contributed by atoms with van der Waals surface area (Å²) in [6.45, 7) is 3.18. The van der Waals surface area contributed by atoms with Gasteiger partial charge in [0, 0.05) is 24.7 Å². The molecule has 1 fully saturated rings. The molecule has 1 N–H and O–H groups in total. The van der Waals surface area contributed by atoms with E-state index < -0.39 is 6.09 Å². The van der Waals surface area contributed by atoms with Crippen molar-refractivity contribution in [2.75, 3.05) is 13.1 Å². The van der Waals surface area contributed by atoms with Crippen LogP contribution in [-0.2, 0) is 0 Å². The molecule has 0 aromatic carbocycles. The van der Waals surface area contributed by atoms with E-state index in [1.807, 2.05) is 19.1 Å². The summed E-state index contributed by atoms with van der Waals surface area (Å²) in [6.07, 6.45) is 0.885. The van der Waals surface area contributed by atoms with E-state index in [4.69, 9.17) is 5.11 Å². The normalized spacial score (nSPS) is 17.0. The van der Waals surface area contributed by atoms with Gasteiger partial charge in [0.1, 0.15) is 10.3 Å². The summed E-state index contributed by atoms with van der Waals surface area (Å²) < 4.78 is 0. The zero-order chi connectivity index (χ0) is 13.4. The number of hydrogen-bond donors (Lipinski definition) is 1. The van der Waals surface area contributed by atoms with Gasteiger partial charge in [-0.25, -0.2) is 14.8 Å². The molecule has 2 aromatic heterocycles. The molecule has 1 amide bonds. The molecular formula is C13H15N3O2S. The number of carbonyl (C=O) groups is 1. The second-order valence-corrected chi connectivity index (χ2v) is 5.88. The third kappa shape index (κ3) is 2.40. The van der Waals surface area contributed by atoms with Crippen molar-refractivity contribution in [3.8, 4) is 0 Å². The maximum Gasteiger partial charge on any atom is 0.407 e. The summed E-state index contributed by atoms with van der Waals surface area (Å²) in [6, 6.07) is 3.98. The lowest BCUT2D eigenvalue weighted by atomic mass is 9.98. The Kier molecular flexibility index (Phi) is 3.10. The molecule has 0 unspecified atom stereocenters. The lowest BCUT2D eigenvalue weighted by Gasteiger charge is -2.28. The highest BCUT2D eigenvalue weighted by atomic mass is 32.1. The van der Waals surface area contributed by atoms with Crippen LogP contribution in [0, 0.1) is 6.92 Å². The third-order valence-corrected chi connectivity index (χ3v) is 4.65. The molecule has 3 heterocycles. The van der Waals surface area contributed by atoms with Crippen LogP contribution in [0.15, 0.2) is 12.1 Å². The van der Waals surface area contributed by atoms with Crippen LogP contribution in [0.5, 0.6) is 0 Å². The number of rotatable bonds is 1. The highest BCUT2D eigenvalue weighted by Gasteiger charge is 2.25. The summed E-state index contributed by atoms with van der Waals surface area (Å²) in [7, 11) is 0. The first-order valence-corrected chi connectivity index (χ1v) is 7.17. The standard InChI is InChI=1S/C13H15N3O2S/c1-8-2-3-10-12(14-8)19-11(15-10)9-4-6-16(7-5-9)13(17)18/h2-3,9H,4-7H2,1H3,(H,17,18). The van der Waals surface area contributed by atoms with Gasteiger partial charge in [0.25, 0.3) is 0 Å². The average molecular weight is 277 g/mol. The van der Waals surface area contributed by atoms with Crippen molar-refractivity contribution in [1.82, 2.24) is 14.9 Å². The number of likely N-dealkylation sites (tertiary alicyclic amines) is 1. The van der Waals surface area contributed by atoms with Crippen LogP contribution in [-0.4, -0.2) is 39.2 Å². The van der Waals surface area contributed by atoms with Gasteiger partial charge in [0.05, 0.1) is 5.01 Å². The number of thiazole rings is 1. The van der Waals surface area contributed by atoms with Crippen molar-refractivity contribution in [2.45, 2.75) is 25.7 Å². The molecule has 1 aliphatic rings. The molecule has 0 radical (unpaired) electrons. The number of amides is 1. The van der Waals surface area contributed by atoms with Crippen LogP contribution in [0.2, 0.25) is 0 Å². The molecule has 100 valence electrons. The molecule has 0 saturated carbocycles. The lowest BCUT2D eigenvalue weighted by molar-refractivity contribution is 0.132. The Morgan fingerprint density at radius 2 is 2.11 bits per heavy atom. The molecule has 0 atom stereocenters. The monoisotopic (exact) mass is 277 g/mol. The fraction of sp³-hybridized carbons (Fsp3) is 0.462. The predicted octanol–water partition coefficient (Wildman–Crippen LogP) is 2.86. The SMILES string of the molecule is Cc1ccc2nc(C3CCN(C(=O)O)CC3)sc2n1. The minimum absolute atomic E-state index is 0.370. The zero-order valence-corrected chi connectivity index (χ0v) is 11.5. The quantitative estimate of drug-likeness (QED) is 0.870. The fourth-order valence-electron chi connectivity index (χ4n) is 2.42. The molecule has 5 nitrogen and oxygen atoms in total. The van der Waals surface area contributed by atoms with Crippen molar-refractivity contribution in [2.24, 2.45) is 0 Å². The highest BCUT2D eigenvalue weighted by Crippen LogP contribution is 2.33. The van der Waals surface area contributed by atoms with Crippen LogP contribution in [0.25, 0.3) is 10.3 Å². The van der Waals surface area contributed by atoms with Crippen LogP contribution >= 0.6 is 11.3 Å². The number of piperidine rings is 1. The van der Waals surface area contributed by atoms with E-state index in [1.54, 1.807) is 11.3 Å². The highest BCUT2D eigenvalue weighted by molar-refractivity contribution is 7.18. The summed E-state index contributed by atoms with van der Waals surface area (Å²) >= 11 is 1.64. The van der Waals surface area contributed by atoms with E-state index in [0.717, 1.165) is 33.9 Å². The van der Waals surface area contributed by atoms with Crippen LogP contribution in [0.1, 0.15) is 29.5 Å². The van der Waals surface area contributed by atoms with Gasteiger partial charge in [0.2, 0.25) is 0 Å². The van der Waals surface area contributed by atoms with Gasteiger partial charge in [-0.05, 0) is 31.9 Å². The molecule has 0 aliphatic carbocycles. The number of fused-ring (bicyclic) bond motifs is 1. The second-order valence-electron chi connectivity index (χ2n) is 4.87. The third-order valence-electron chi connectivity index (χ3n) is 3.53. The summed E-state index contributed by atoms with van der Waals surface area (Å²) in [5, 5.41) is 10.0. The number of nitrogens with zero attached hydrogens (tertiary/aromatic N) is 3. The van der Waals surface area contributed by atoms with Gasteiger partial charge < -0.3 is 10.0 Å². The Bertz CT molecular complexity index is 617. The number of pyridine rings is 1. The molecule has 19 heavy (non-hydrogen) atoms. The number of carboxylic acid groups (broad SMARTS) is 1. The molecule has 0 spiro atoms. The van der Waals surface area contributed by atoms with Crippen LogP contribution in [0.4, 0.5) is 4.79 Å². The maximum absolute atomic E-state index is 10.9. The minimum Gasteiger partial charge on any atom is -0.465 e. The lowest BCUT2D eigenvalue weighted by Crippen LogP contribution is -2.36. The zero-order valence-electron chi connectivity index (χ0n) is 10.7. The predicted molar refractivity (Wildman–Crippen MR) is 73.7 cm³/mol. The van der Waals surface area contributed by atoms with E-state index in [0.29, 0.717) is 19.0 Å². The molecule has 3 rings (SSSR count). The first-order chi connectivity index (χ1) is 9.13. The fourth-order valence-corrected chi connectivity index (χ4v) is 3.57. The Balaban J connectivity index is 1.80. The molecular weight excluding hydrogens is 262 g/mol. The Hall–Kier alpha value is -1.69. The van der Waals surface area contributed by atoms with Crippen molar-refractivity contribution in [3.63, 3.8) is 0 Å². The first kappa shape index (κ1) is 12.3. The van der Waals surface area contributed by atoms with Crippen molar-refractivity contribution >= 4 is 27.8 Å². The van der Waals surface area contributed by atoms with Gasteiger partial charge in [-0.15, -0.1) is 0 Å². The first-order valence-electron chi connectivity index (χ1n) is 6.35. The Morgan fingerprint density at radius 1 is 1.37 bits per heavy atom. The summed E-state index contributed by atoms with van der Waals surface area (Å²) in [5.74, 6) is 0.370. The molecule has 1 saturated heterocycles. The van der Waals surface area contributed by atoms with Gasteiger partial charge in [-0.3, -0.25) is 0 Å². The van der Waals surface area contributed by atoms with Gasteiger partial charge in [-0.2, -0.15) is 0 Å². The largest absolute Gasteiger partial charge is 0.465 e. The topological polar surface area (TPSA) is 66.3 Å². The maximum atomic E-state index is 10.9. The van der Waals surface area contributed by atoms with Crippen molar-refractivity contribution < 1.29 is 9.90 Å². The number of hydrogen-bond acceptors (Lipinski definition) is 4. The van der Waals surface area contributed by atoms with E-state index >= 15 is 0 Å². The van der Waals surface area contributed by atoms with E-state index in [1.165, 1.54) is 4.90 Å². The average Bonchev–Trinajstić information content (AvgIpc) is 2.81. The Morgan fingerprint density at radius 3 is 2.79 bits per heavy atom. The number of aryl methyl sites for hydroxylation is 1. The minimum atomic E-state index is -0.819. The Labute approximate surface area is 114 Å². The van der Waals surface area contributed by atoms with Crippen molar-refractivity contribution in [1.29, 1.82) is 0 Å². The summed E-state index contributed by atoms with van der Waals surface area (Å²) in [5.41, 5.74) is 1.95. The van der Waals surface area contributed by atoms with Crippen molar-refractivity contribution in [3.05, 3.63) is 22.8 Å². The molecule has 0 bridgehead atoms. The van der Waals surface area contributed by atoms with Gasteiger partial charge in [-0.1, -0.05) is 11.3 Å². The summed E-state index contributed by atoms with van der Waals surface area (Å²) in [4.78, 5) is 22.5. The van der Waals surface area contributed by atoms with Crippen LogP contribution < -0.4 is 0 Å². The van der Waals surface area contributed by atoms with E-state index in [-0.39, 0.29) is 0 Å². The van der Waals surface area contributed by atoms with Gasteiger partial charge in [0.15, 0.2) is 0 Å². The smallest absolute Gasteiger partial charge is 0.407 e. The number of aromatic nitrogens is 2. The van der Waals surface area contributed by atoms with Crippen LogP contribution in [0.3, 0.4) is 0 Å². The second kappa shape index (κ2) is 4.77. The molecule has 1 aliphatic heterocycles. The van der Waals surface area contributed by atoms with E-state index in [9.17, 15) is 4.79 Å². The van der Waals surface area contributed by atoms with E-state index in [2.05, 4.69) is 9.97 Å². The molecule has 6 heteroatoms. The van der Waals surface area contributed by atoms with Gasteiger partial charge >= 0.3 is 6.09 Å².